The highest BCUT2D eigenvalue weighted by atomic mass is 35.5. The second-order valence-corrected chi connectivity index (χ2v) is 6.95. The van der Waals surface area contributed by atoms with E-state index in [-0.39, 0.29) is 5.91 Å². The minimum absolute atomic E-state index is 0.152. The second-order valence-electron chi connectivity index (χ2n) is 6.54. The highest BCUT2D eigenvalue weighted by Gasteiger charge is 2.18. The molecule has 0 unspecified atom stereocenters. The van der Waals surface area contributed by atoms with Crippen molar-refractivity contribution < 1.29 is 14.3 Å². The molecular weight excluding hydrogens is 374 g/mol. The van der Waals surface area contributed by atoms with Crippen LogP contribution in [0.4, 0.5) is 0 Å². The van der Waals surface area contributed by atoms with Gasteiger partial charge >= 0.3 is 0 Å². The van der Waals surface area contributed by atoms with Gasteiger partial charge in [-0.1, -0.05) is 61.0 Å². The third kappa shape index (κ3) is 4.96. The smallest absolute Gasteiger partial charge is 0.261 e. The molecular formula is C23H24ClNO3. The Morgan fingerprint density at radius 2 is 1.89 bits per heavy atom. The lowest BCUT2D eigenvalue weighted by molar-refractivity contribution is -0.128. The van der Waals surface area contributed by atoms with Crippen molar-refractivity contribution in [3.8, 4) is 11.5 Å². The molecule has 0 aliphatic rings. The summed E-state index contributed by atoms with van der Waals surface area (Å²) in [5.74, 6) is 1.25. The van der Waals surface area contributed by atoms with Crippen LogP contribution in [0.5, 0.6) is 11.5 Å². The normalized spacial score (nSPS) is 11.8. The first kappa shape index (κ1) is 20.0. The first-order chi connectivity index (χ1) is 13.6. The third-order valence-corrected chi connectivity index (χ3v) is 4.90. The van der Waals surface area contributed by atoms with E-state index in [1.54, 1.807) is 6.07 Å². The summed E-state index contributed by atoms with van der Waals surface area (Å²) in [5.41, 5.74) is 0.999. The van der Waals surface area contributed by atoms with E-state index in [0.29, 0.717) is 36.1 Å². The number of fused-ring (bicyclic) bond motifs is 1. The SMILES string of the molecule is CC[C@H](Oc1cccc2ccccc12)C(=O)NCCOc1ccc(C)c(Cl)c1. The molecule has 1 N–H and O–H groups in total. The second kappa shape index (κ2) is 9.47. The van der Waals surface area contributed by atoms with Gasteiger partial charge in [-0.05, 0) is 42.5 Å². The Balaban J connectivity index is 1.54. The molecule has 0 aliphatic heterocycles. The summed E-state index contributed by atoms with van der Waals surface area (Å²) in [6, 6.07) is 19.4. The Labute approximate surface area is 170 Å². The molecule has 0 aliphatic carbocycles. The zero-order valence-electron chi connectivity index (χ0n) is 16.1. The van der Waals surface area contributed by atoms with Gasteiger partial charge in [-0.3, -0.25) is 4.79 Å². The molecule has 0 saturated carbocycles. The first-order valence-electron chi connectivity index (χ1n) is 9.39. The molecule has 0 heterocycles. The van der Waals surface area contributed by atoms with E-state index in [2.05, 4.69) is 5.32 Å². The van der Waals surface area contributed by atoms with Gasteiger partial charge in [0.25, 0.3) is 5.91 Å². The van der Waals surface area contributed by atoms with Gasteiger partial charge in [-0.2, -0.15) is 0 Å². The molecule has 0 spiro atoms. The van der Waals surface area contributed by atoms with Crippen LogP contribution in [-0.4, -0.2) is 25.2 Å². The Morgan fingerprint density at radius 1 is 1.11 bits per heavy atom. The molecule has 0 fully saturated rings. The molecule has 1 atom stereocenters. The number of benzene rings is 3. The van der Waals surface area contributed by atoms with E-state index in [1.807, 2.05) is 68.4 Å². The van der Waals surface area contributed by atoms with E-state index in [9.17, 15) is 4.79 Å². The van der Waals surface area contributed by atoms with Crippen LogP contribution in [0.1, 0.15) is 18.9 Å². The van der Waals surface area contributed by atoms with Crippen molar-refractivity contribution in [2.45, 2.75) is 26.4 Å². The van der Waals surface area contributed by atoms with Crippen molar-refractivity contribution in [1.82, 2.24) is 5.32 Å². The number of hydrogen-bond acceptors (Lipinski definition) is 3. The van der Waals surface area contributed by atoms with Gasteiger partial charge in [-0.15, -0.1) is 0 Å². The maximum Gasteiger partial charge on any atom is 0.261 e. The van der Waals surface area contributed by atoms with E-state index in [0.717, 1.165) is 16.3 Å². The summed E-state index contributed by atoms with van der Waals surface area (Å²) in [5, 5.41) is 5.62. The molecule has 1 amide bonds. The zero-order valence-corrected chi connectivity index (χ0v) is 16.8. The lowest BCUT2D eigenvalue weighted by Crippen LogP contribution is -2.39. The summed E-state index contributed by atoms with van der Waals surface area (Å²) in [7, 11) is 0. The first-order valence-corrected chi connectivity index (χ1v) is 9.77. The van der Waals surface area contributed by atoms with Gasteiger partial charge in [0, 0.05) is 10.4 Å². The number of rotatable bonds is 8. The maximum absolute atomic E-state index is 12.5. The Hall–Kier alpha value is -2.72. The van der Waals surface area contributed by atoms with Crippen molar-refractivity contribution in [3.05, 3.63) is 71.2 Å². The third-order valence-electron chi connectivity index (χ3n) is 4.50. The minimum Gasteiger partial charge on any atom is -0.492 e. The average Bonchev–Trinajstić information content (AvgIpc) is 2.71. The Bertz CT molecular complexity index is 952. The Morgan fingerprint density at radius 3 is 2.68 bits per heavy atom. The van der Waals surface area contributed by atoms with Crippen LogP contribution in [0, 0.1) is 6.92 Å². The molecule has 28 heavy (non-hydrogen) atoms. The number of nitrogens with one attached hydrogen (secondary N) is 1. The van der Waals surface area contributed by atoms with Gasteiger partial charge in [0.05, 0.1) is 6.54 Å². The fourth-order valence-corrected chi connectivity index (χ4v) is 3.06. The van der Waals surface area contributed by atoms with E-state index in [4.69, 9.17) is 21.1 Å². The van der Waals surface area contributed by atoms with E-state index < -0.39 is 6.10 Å². The number of halogens is 1. The summed E-state index contributed by atoms with van der Waals surface area (Å²) in [6.07, 6.45) is 0.0170. The van der Waals surface area contributed by atoms with Crippen LogP contribution in [0.2, 0.25) is 5.02 Å². The minimum atomic E-state index is -0.556. The molecule has 5 heteroatoms. The number of carbonyl (C=O) groups excluding carboxylic acids is 1. The number of aryl methyl sites for hydroxylation is 1. The number of hydrogen-bond donors (Lipinski definition) is 1. The highest BCUT2D eigenvalue weighted by Crippen LogP contribution is 2.26. The van der Waals surface area contributed by atoms with Gasteiger partial charge < -0.3 is 14.8 Å². The van der Waals surface area contributed by atoms with Crippen molar-refractivity contribution in [2.24, 2.45) is 0 Å². The van der Waals surface area contributed by atoms with Gasteiger partial charge in [0.1, 0.15) is 18.1 Å². The molecule has 4 nitrogen and oxygen atoms in total. The fourth-order valence-electron chi connectivity index (χ4n) is 2.89. The monoisotopic (exact) mass is 397 g/mol. The predicted molar refractivity (Wildman–Crippen MR) is 113 cm³/mol. The molecule has 0 radical (unpaired) electrons. The molecule has 0 saturated heterocycles. The van der Waals surface area contributed by atoms with Crippen LogP contribution in [-0.2, 0) is 4.79 Å². The largest absolute Gasteiger partial charge is 0.492 e. The van der Waals surface area contributed by atoms with Crippen LogP contribution in [0.3, 0.4) is 0 Å². The summed E-state index contributed by atoms with van der Waals surface area (Å²) in [4.78, 5) is 12.5. The van der Waals surface area contributed by atoms with Crippen LogP contribution < -0.4 is 14.8 Å². The molecule has 3 aromatic carbocycles. The maximum atomic E-state index is 12.5. The summed E-state index contributed by atoms with van der Waals surface area (Å²) < 4.78 is 11.7. The van der Waals surface area contributed by atoms with Crippen molar-refractivity contribution in [3.63, 3.8) is 0 Å². The van der Waals surface area contributed by atoms with Gasteiger partial charge in [0.15, 0.2) is 6.10 Å². The lowest BCUT2D eigenvalue weighted by atomic mass is 10.1. The van der Waals surface area contributed by atoms with E-state index in [1.165, 1.54) is 0 Å². The quantitative estimate of drug-likeness (QED) is 0.534. The predicted octanol–water partition coefficient (Wildman–Crippen LogP) is 5.15. The average molecular weight is 398 g/mol. The number of amides is 1. The zero-order chi connectivity index (χ0) is 19.9. The van der Waals surface area contributed by atoms with Crippen LogP contribution >= 0.6 is 11.6 Å². The van der Waals surface area contributed by atoms with Crippen molar-refractivity contribution in [2.75, 3.05) is 13.2 Å². The van der Waals surface area contributed by atoms with Crippen molar-refractivity contribution in [1.29, 1.82) is 0 Å². The number of carbonyl (C=O) groups is 1. The molecule has 0 aromatic heterocycles. The standard InChI is InChI=1S/C23H24ClNO3/c1-3-21(28-22-10-6-8-17-7-4-5-9-19(17)22)23(26)25-13-14-27-18-12-11-16(2)20(24)15-18/h4-12,15,21H,3,13-14H2,1-2H3,(H,25,26)/t21-/m0/s1. The molecule has 0 bridgehead atoms. The Kier molecular flexibility index (Phi) is 6.77. The summed E-state index contributed by atoms with van der Waals surface area (Å²) >= 11 is 6.09. The number of ether oxygens (including phenoxy) is 2. The molecule has 146 valence electrons. The summed E-state index contributed by atoms with van der Waals surface area (Å²) in [6.45, 7) is 4.61. The molecule has 3 aromatic rings. The van der Waals surface area contributed by atoms with Crippen LogP contribution in [0.25, 0.3) is 10.8 Å². The van der Waals surface area contributed by atoms with Crippen LogP contribution in [0.15, 0.2) is 60.7 Å². The fraction of sp³-hybridized carbons (Fsp3) is 0.261. The lowest BCUT2D eigenvalue weighted by Gasteiger charge is -2.18. The molecule has 3 rings (SSSR count). The van der Waals surface area contributed by atoms with E-state index >= 15 is 0 Å². The highest BCUT2D eigenvalue weighted by molar-refractivity contribution is 6.31. The van der Waals surface area contributed by atoms with Gasteiger partial charge in [-0.25, -0.2) is 0 Å². The van der Waals surface area contributed by atoms with Crippen molar-refractivity contribution >= 4 is 28.3 Å². The topological polar surface area (TPSA) is 47.6 Å². The van der Waals surface area contributed by atoms with Gasteiger partial charge in [0.2, 0.25) is 0 Å².